The van der Waals surface area contributed by atoms with Crippen LogP contribution in [-0.2, 0) is 9.53 Å². The number of anilines is 1. The quantitative estimate of drug-likeness (QED) is 0.843. The van der Waals surface area contributed by atoms with Crippen LogP contribution < -0.4 is 10.6 Å². The first-order valence-electron chi connectivity index (χ1n) is 5.95. The fraction of sp³-hybridized carbons (Fsp3) is 0.385. The summed E-state index contributed by atoms with van der Waals surface area (Å²) in [7, 11) is 1.57. The van der Waals surface area contributed by atoms with Crippen LogP contribution in [-0.4, -0.2) is 31.6 Å². The minimum Gasteiger partial charge on any atom is -0.368 e. The molecular weight excluding hydrogens is 232 g/mol. The summed E-state index contributed by atoms with van der Waals surface area (Å²) < 4.78 is 5.29. The lowest BCUT2D eigenvalue weighted by molar-refractivity contribution is -0.124. The predicted molar refractivity (Wildman–Crippen MR) is 67.4 cm³/mol. The van der Waals surface area contributed by atoms with E-state index < -0.39 is 0 Å². The van der Waals surface area contributed by atoms with Crippen LogP contribution in [0.5, 0.6) is 0 Å². The monoisotopic (exact) mass is 248 g/mol. The zero-order valence-electron chi connectivity index (χ0n) is 10.2. The molecule has 96 valence electrons. The van der Waals surface area contributed by atoms with Gasteiger partial charge in [0.05, 0.1) is 0 Å². The van der Waals surface area contributed by atoms with Crippen LogP contribution in [0, 0.1) is 0 Å². The van der Waals surface area contributed by atoms with E-state index >= 15 is 0 Å². The molecule has 0 bridgehead atoms. The molecule has 1 fully saturated rings. The standard InChI is InChI=1S/C13H16N2O3/c1-14-12(16)9-4-2-5-10(8-9)15-13(17)11-6-3-7-18-11/h2,4-5,8,11H,3,6-7H2,1H3,(H,14,16)(H,15,17). The number of ether oxygens (including phenoxy) is 1. The average molecular weight is 248 g/mol. The summed E-state index contributed by atoms with van der Waals surface area (Å²) in [5.74, 6) is -0.329. The molecule has 2 rings (SSSR count). The molecule has 1 atom stereocenters. The Balaban J connectivity index is 2.04. The molecule has 1 aliphatic heterocycles. The lowest BCUT2D eigenvalue weighted by Crippen LogP contribution is -2.27. The highest BCUT2D eigenvalue weighted by Crippen LogP contribution is 2.16. The minimum absolute atomic E-state index is 0.151. The Morgan fingerprint density at radius 1 is 1.39 bits per heavy atom. The largest absolute Gasteiger partial charge is 0.368 e. The zero-order chi connectivity index (χ0) is 13.0. The lowest BCUT2D eigenvalue weighted by Gasteiger charge is -2.11. The molecule has 0 spiro atoms. The van der Waals surface area contributed by atoms with E-state index in [1.807, 2.05) is 0 Å². The van der Waals surface area contributed by atoms with E-state index in [0.717, 1.165) is 12.8 Å². The van der Waals surface area contributed by atoms with Crippen LogP contribution in [0.1, 0.15) is 23.2 Å². The summed E-state index contributed by atoms with van der Waals surface area (Å²) in [5, 5.41) is 5.30. The molecule has 1 unspecified atom stereocenters. The molecule has 1 heterocycles. The van der Waals surface area contributed by atoms with Gasteiger partial charge < -0.3 is 15.4 Å². The third-order valence-electron chi connectivity index (χ3n) is 2.84. The molecule has 1 saturated heterocycles. The molecule has 0 aliphatic carbocycles. The second kappa shape index (κ2) is 5.64. The van der Waals surface area contributed by atoms with Gasteiger partial charge in [-0.15, -0.1) is 0 Å². The number of rotatable bonds is 3. The Kier molecular flexibility index (Phi) is 3.94. The summed E-state index contributed by atoms with van der Waals surface area (Å²) in [5.41, 5.74) is 1.12. The SMILES string of the molecule is CNC(=O)c1cccc(NC(=O)C2CCCO2)c1. The summed E-state index contributed by atoms with van der Waals surface area (Å²) >= 11 is 0. The van der Waals surface area contributed by atoms with Crippen LogP contribution in [0.3, 0.4) is 0 Å². The molecule has 2 N–H and O–H groups in total. The third kappa shape index (κ3) is 2.87. The Hall–Kier alpha value is -1.88. The maximum absolute atomic E-state index is 11.8. The molecule has 1 aromatic rings. The Bertz CT molecular complexity index is 453. The highest BCUT2D eigenvalue weighted by Gasteiger charge is 2.23. The van der Waals surface area contributed by atoms with Gasteiger partial charge in [0.15, 0.2) is 0 Å². The van der Waals surface area contributed by atoms with Gasteiger partial charge in [-0.3, -0.25) is 9.59 Å². The van der Waals surface area contributed by atoms with E-state index in [4.69, 9.17) is 4.74 Å². The number of carbonyl (C=O) groups excluding carboxylic acids is 2. The van der Waals surface area contributed by atoms with E-state index in [9.17, 15) is 9.59 Å². The molecule has 0 saturated carbocycles. The second-order valence-electron chi connectivity index (χ2n) is 4.15. The van der Waals surface area contributed by atoms with Crippen molar-refractivity contribution in [2.75, 3.05) is 19.0 Å². The normalized spacial score (nSPS) is 18.4. The number of hydrogen-bond donors (Lipinski definition) is 2. The highest BCUT2D eigenvalue weighted by atomic mass is 16.5. The van der Waals surface area contributed by atoms with Crippen LogP contribution in [0.25, 0.3) is 0 Å². The topological polar surface area (TPSA) is 67.4 Å². The zero-order valence-corrected chi connectivity index (χ0v) is 10.2. The van der Waals surface area contributed by atoms with E-state index in [2.05, 4.69) is 10.6 Å². The molecule has 0 aromatic heterocycles. The molecular formula is C13H16N2O3. The number of amides is 2. The Morgan fingerprint density at radius 3 is 2.89 bits per heavy atom. The van der Waals surface area contributed by atoms with Crippen LogP contribution in [0.15, 0.2) is 24.3 Å². The van der Waals surface area contributed by atoms with Gasteiger partial charge in [-0.05, 0) is 31.0 Å². The maximum atomic E-state index is 11.8. The van der Waals surface area contributed by atoms with Crippen molar-refractivity contribution in [1.82, 2.24) is 5.32 Å². The maximum Gasteiger partial charge on any atom is 0.253 e. The first kappa shape index (κ1) is 12.6. The predicted octanol–water partition coefficient (Wildman–Crippen LogP) is 1.16. The first-order chi connectivity index (χ1) is 8.70. The summed E-state index contributed by atoms with van der Waals surface area (Å²) in [6.07, 6.45) is 1.30. The first-order valence-corrected chi connectivity index (χ1v) is 5.95. The lowest BCUT2D eigenvalue weighted by atomic mass is 10.1. The number of hydrogen-bond acceptors (Lipinski definition) is 3. The van der Waals surface area contributed by atoms with Crippen molar-refractivity contribution in [3.63, 3.8) is 0 Å². The number of benzene rings is 1. The molecule has 1 aliphatic rings. The van der Waals surface area contributed by atoms with Crippen molar-refractivity contribution in [1.29, 1.82) is 0 Å². The van der Waals surface area contributed by atoms with Crippen LogP contribution in [0.4, 0.5) is 5.69 Å². The molecule has 5 nitrogen and oxygen atoms in total. The van der Waals surface area contributed by atoms with Gasteiger partial charge in [-0.2, -0.15) is 0 Å². The van der Waals surface area contributed by atoms with E-state index in [1.165, 1.54) is 0 Å². The van der Waals surface area contributed by atoms with E-state index in [-0.39, 0.29) is 17.9 Å². The van der Waals surface area contributed by atoms with E-state index in [0.29, 0.717) is 17.9 Å². The van der Waals surface area contributed by atoms with Gasteiger partial charge in [-0.25, -0.2) is 0 Å². The molecule has 0 radical (unpaired) electrons. The van der Waals surface area contributed by atoms with Crippen molar-refractivity contribution < 1.29 is 14.3 Å². The van der Waals surface area contributed by atoms with Gasteiger partial charge in [0, 0.05) is 24.9 Å². The fourth-order valence-corrected chi connectivity index (χ4v) is 1.89. The summed E-state index contributed by atoms with van der Waals surface area (Å²) in [4.78, 5) is 23.3. The summed E-state index contributed by atoms with van der Waals surface area (Å²) in [6.45, 7) is 0.635. The fourth-order valence-electron chi connectivity index (χ4n) is 1.89. The Morgan fingerprint density at radius 2 is 2.22 bits per heavy atom. The highest BCUT2D eigenvalue weighted by molar-refractivity contribution is 5.98. The van der Waals surface area contributed by atoms with Gasteiger partial charge >= 0.3 is 0 Å². The molecule has 1 aromatic carbocycles. The van der Waals surface area contributed by atoms with Gasteiger partial charge in [-0.1, -0.05) is 6.07 Å². The average Bonchev–Trinajstić information content (AvgIpc) is 2.92. The van der Waals surface area contributed by atoms with Crippen molar-refractivity contribution in [2.24, 2.45) is 0 Å². The number of carbonyl (C=O) groups is 2. The number of nitrogens with one attached hydrogen (secondary N) is 2. The summed E-state index contributed by atoms with van der Waals surface area (Å²) in [6, 6.07) is 6.82. The van der Waals surface area contributed by atoms with Gasteiger partial charge in [0.1, 0.15) is 6.10 Å². The van der Waals surface area contributed by atoms with Crippen LogP contribution in [0.2, 0.25) is 0 Å². The van der Waals surface area contributed by atoms with Crippen molar-refractivity contribution >= 4 is 17.5 Å². The second-order valence-corrected chi connectivity index (χ2v) is 4.15. The third-order valence-corrected chi connectivity index (χ3v) is 2.84. The van der Waals surface area contributed by atoms with Crippen molar-refractivity contribution in [2.45, 2.75) is 18.9 Å². The molecule has 5 heteroatoms. The van der Waals surface area contributed by atoms with E-state index in [1.54, 1.807) is 31.3 Å². The van der Waals surface area contributed by atoms with Gasteiger partial charge in [0.25, 0.3) is 11.8 Å². The smallest absolute Gasteiger partial charge is 0.253 e. The molecule has 18 heavy (non-hydrogen) atoms. The Labute approximate surface area is 106 Å². The van der Waals surface area contributed by atoms with Crippen LogP contribution >= 0.6 is 0 Å². The molecule has 2 amide bonds. The van der Waals surface area contributed by atoms with Gasteiger partial charge in [0.2, 0.25) is 0 Å². The van der Waals surface area contributed by atoms with Crippen molar-refractivity contribution in [3.05, 3.63) is 29.8 Å². The minimum atomic E-state index is -0.367. The van der Waals surface area contributed by atoms with Crippen molar-refractivity contribution in [3.8, 4) is 0 Å².